The monoisotopic (exact) mass is 339 g/mol. The summed E-state index contributed by atoms with van der Waals surface area (Å²) >= 11 is 6.23. The van der Waals surface area contributed by atoms with Crippen LogP contribution >= 0.6 is 11.6 Å². The van der Waals surface area contributed by atoms with Gasteiger partial charge in [-0.05, 0) is 37.3 Å². The molecule has 0 amide bonds. The smallest absolute Gasteiger partial charge is 1.00 e. The molecule has 4 nitrogen and oxygen atoms in total. The van der Waals surface area contributed by atoms with Crippen molar-refractivity contribution < 1.29 is 57.6 Å². The standard InChI is InChI=1S/C16H14ClN3O.K.H/c1-11-12(5-4-10-21)16(19(2)18-11)20-9-8-13-14(17)6-3-7-15(13)20;;/h3-10H,1-2H3;;/q;+1;-1/b5-4+;;. The molecular weight excluding hydrogens is 325 g/mol. The van der Waals surface area contributed by atoms with E-state index in [2.05, 4.69) is 5.10 Å². The number of fused-ring (bicyclic) bond motifs is 1. The fraction of sp³-hybridized carbons (Fsp3) is 0.125. The third kappa shape index (κ3) is 3.02. The summed E-state index contributed by atoms with van der Waals surface area (Å²) in [6.45, 7) is 1.92. The Morgan fingerprint density at radius 3 is 2.82 bits per heavy atom. The molecule has 3 aromatic rings. The molecule has 0 saturated carbocycles. The molecule has 3 rings (SSSR count). The van der Waals surface area contributed by atoms with Crippen molar-refractivity contribution >= 4 is 34.9 Å². The van der Waals surface area contributed by atoms with Crippen LogP contribution in [0, 0.1) is 6.92 Å². The van der Waals surface area contributed by atoms with E-state index in [0.717, 1.165) is 39.3 Å². The van der Waals surface area contributed by atoms with Crippen LogP contribution in [0.25, 0.3) is 22.8 Å². The number of hydrogen-bond acceptors (Lipinski definition) is 2. The molecule has 0 saturated heterocycles. The first-order chi connectivity index (χ1) is 10.1. The van der Waals surface area contributed by atoms with E-state index in [9.17, 15) is 4.79 Å². The van der Waals surface area contributed by atoms with Gasteiger partial charge < -0.3 is 5.99 Å². The van der Waals surface area contributed by atoms with Gasteiger partial charge in [-0.25, -0.2) is 0 Å². The Morgan fingerprint density at radius 1 is 1.32 bits per heavy atom. The van der Waals surface area contributed by atoms with Crippen molar-refractivity contribution in [1.82, 2.24) is 14.3 Å². The topological polar surface area (TPSA) is 39.8 Å². The van der Waals surface area contributed by atoms with E-state index >= 15 is 0 Å². The molecule has 0 N–H and O–H groups in total. The third-order valence-corrected chi connectivity index (χ3v) is 3.82. The summed E-state index contributed by atoms with van der Waals surface area (Å²) in [5.74, 6) is 0.905. The number of allylic oxidation sites excluding steroid dienone is 1. The predicted molar refractivity (Wildman–Crippen MR) is 86.0 cm³/mol. The maximum Gasteiger partial charge on any atom is 1.00 e. The van der Waals surface area contributed by atoms with Crippen LogP contribution in [0.3, 0.4) is 0 Å². The number of carbonyl (C=O) groups excluding carboxylic acids is 1. The van der Waals surface area contributed by atoms with Crippen molar-refractivity contribution in [3.63, 3.8) is 0 Å². The zero-order valence-corrected chi connectivity index (χ0v) is 16.6. The molecule has 0 bridgehead atoms. The predicted octanol–water partition coefficient (Wildman–Crippen LogP) is 0.654. The van der Waals surface area contributed by atoms with E-state index in [1.807, 2.05) is 49.0 Å². The van der Waals surface area contributed by atoms with Crippen LogP contribution in [0.1, 0.15) is 12.7 Å². The maximum atomic E-state index is 10.6. The van der Waals surface area contributed by atoms with Crippen molar-refractivity contribution in [2.24, 2.45) is 7.05 Å². The zero-order chi connectivity index (χ0) is 15.0. The Kier molecular flexibility index (Phi) is 5.82. The molecule has 0 atom stereocenters. The van der Waals surface area contributed by atoms with Crippen LogP contribution < -0.4 is 51.4 Å². The van der Waals surface area contributed by atoms with Crippen molar-refractivity contribution in [2.75, 3.05) is 0 Å². The van der Waals surface area contributed by atoms with Crippen LogP contribution in [-0.4, -0.2) is 20.6 Å². The summed E-state index contributed by atoms with van der Waals surface area (Å²) in [4.78, 5) is 10.6. The van der Waals surface area contributed by atoms with Crippen molar-refractivity contribution in [3.05, 3.63) is 52.8 Å². The summed E-state index contributed by atoms with van der Waals surface area (Å²) < 4.78 is 3.84. The van der Waals surface area contributed by atoms with E-state index in [1.165, 1.54) is 6.08 Å². The minimum absolute atomic E-state index is 0. The normalized spacial score (nSPS) is 11.0. The van der Waals surface area contributed by atoms with Gasteiger partial charge in [0.1, 0.15) is 12.1 Å². The molecule has 0 fully saturated rings. The first-order valence-electron chi connectivity index (χ1n) is 6.55. The number of benzene rings is 1. The van der Waals surface area contributed by atoms with Crippen LogP contribution in [0.2, 0.25) is 5.02 Å². The molecule has 0 aliphatic rings. The number of aldehydes is 1. The SMILES string of the molecule is Cc1nn(C)c(-n2ccc3c(Cl)cccc32)c1/C=C/C=O.[H-].[K+]. The van der Waals surface area contributed by atoms with Gasteiger partial charge in [0.15, 0.2) is 0 Å². The first kappa shape index (κ1) is 17.7. The average molecular weight is 340 g/mol. The Morgan fingerprint density at radius 2 is 2.09 bits per heavy atom. The van der Waals surface area contributed by atoms with Gasteiger partial charge in [-0.1, -0.05) is 17.7 Å². The van der Waals surface area contributed by atoms with Crippen molar-refractivity contribution in [3.8, 4) is 5.82 Å². The zero-order valence-electron chi connectivity index (χ0n) is 13.7. The minimum atomic E-state index is 0. The van der Waals surface area contributed by atoms with Crippen molar-refractivity contribution in [2.45, 2.75) is 6.92 Å². The van der Waals surface area contributed by atoms with E-state index in [1.54, 1.807) is 10.8 Å². The number of aromatic nitrogens is 3. The van der Waals surface area contributed by atoms with E-state index < -0.39 is 0 Å². The number of rotatable bonds is 3. The molecule has 2 aromatic heterocycles. The van der Waals surface area contributed by atoms with Crippen LogP contribution in [0.4, 0.5) is 0 Å². The average Bonchev–Trinajstić information content (AvgIpc) is 2.98. The molecule has 0 unspecified atom stereocenters. The second kappa shape index (κ2) is 7.25. The molecule has 0 spiro atoms. The molecule has 0 aliphatic heterocycles. The molecule has 6 heteroatoms. The molecule has 2 heterocycles. The van der Waals surface area contributed by atoms with Gasteiger partial charge in [0.2, 0.25) is 0 Å². The third-order valence-electron chi connectivity index (χ3n) is 3.49. The second-order valence-electron chi connectivity index (χ2n) is 4.80. The van der Waals surface area contributed by atoms with Gasteiger partial charge in [-0.2, -0.15) is 5.10 Å². The van der Waals surface area contributed by atoms with Crippen LogP contribution in [0.5, 0.6) is 0 Å². The number of carbonyl (C=O) groups is 1. The summed E-state index contributed by atoms with van der Waals surface area (Å²) in [5, 5.41) is 6.15. The van der Waals surface area contributed by atoms with Gasteiger partial charge in [0.25, 0.3) is 0 Å². The molecular formula is C16H15ClKN3O. The van der Waals surface area contributed by atoms with Crippen molar-refractivity contribution in [1.29, 1.82) is 0 Å². The van der Waals surface area contributed by atoms with Gasteiger partial charge in [-0.15, -0.1) is 0 Å². The Balaban J connectivity index is 0.00000132. The molecule has 108 valence electrons. The maximum absolute atomic E-state index is 10.6. The van der Waals surface area contributed by atoms with Gasteiger partial charge >= 0.3 is 51.4 Å². The van der Waals surface area contributed by atoms with Gasteiger partial charge in [0, 0.05) is 29.2 Å². The summed E-state index contributed by atoms with van der Waals surface area (Å²) in [6.07, 6.45) is 5.99. The molecule has 22 heavy (non-hydrogen) atoms. The largest absolute Gasteiger partial charge is 1.00 e. The number of aryl methyl sites for hydroxylation is 2. The number of hydrogen-bond donors (Lipinski definition) is 0. The fourth-order valence-corrected chi connectivity index (χ4v) is 2.83. The van der Waals surface area contributed by atoms with Crippen LogP contribution in [-0.2, 0) is 11.8 Å². The Bertz CT molecular complexity index is 870. The second-order valence-corrected chi connectivity index (χ2v) is 5.21. The molecule has 0 radical (unpaired) electrons. The number of nitrogens with zero attached hydrogens (tertiary/aromatic N) is 3. The minimum Gasteiger partial charge on any atom is -1.00 e. The summed E-state index contributed by atoms with van der Waals surface area (Å²) in [6, 6.07) is 7.78. The van der Waals surface area contributed by atoms with E-state index in [0.29, 0.717) is 0 Å². The van der Waals surface area contributed by atoms with E-state index in [4.69, 9.17) is 11.6 Å². The molecule has 0 aliphatic carbocycles. The summed E-state index contributed by atoms with van der Waals surface area (Å²) in [7, 11) is 1.89. The van der Waals surface area contributed by atoms with Gasteiger partial charge in [0.05, 0.1) is 11.2 Å². The van der Waals surface area contributed by atoms with Crippen LogP contribution in [0.15, 0.2) is 36.5 Å². The Hall–Kier alpha value is -0.694. The Labute approximate surface area is 177 Å². The molecule has 1 aromatic carbocycles. The van der Waals surface area contributed by atoms with Gasteiger partial charge in [-0.3, -0.25) is 9.48 Å². The van der Waals surface area contributed by atoms with E-state index in [-0.39, 0.29) is 52.8 Å². The first-order valence-corrected chi connectivity index (χ1v) is 6.92. The quantitative estimate of drug-likeness (QED) is 0.399. The summed E-state index contributed by atoms with van der Waals surface area (Å²) in [5.41, 5.74) is 2.79. The number of halogens is 1. The fourth-order valence-electron chi connectivity index (χ4n) is 2.59.